The number of aryl methyl sites for hydroxylation is 1. The quantitative estimate of drug-likeness (QED) is 0.932. The SMILES string of the molecule is Cn1nccc1C(N)c1cccc(OC(F)(F)F)c1. The fourth-order valence-corrected chi connectivity index (χ4v) is 1.77. The van der Waals surface area contributed by atoms with Crippen LogP contribution in [0, 0.1) is 0 Å². The molecule has 7 heteroatoms. The summed E-state index contributed by atoms with van der Waals surface area (Å²) in [5.41, 5.74) is 7.21. The molecule has 0 amide bonds. The van der Waals surface area contributed by atoms with Crippen LogP contribution in [-0.4, -0.2) is 16.1 Å². The van der Waals surface area contributed by atoms with Crippen molar-refractivity contribution < 1.29 is 17.9 Å². The van der Waals surface area contributed by atoms with E-state index in [0.29, 0.717) is 11.3 Å². The van der Waals surface area contributed by atoms with Crippen LogP contribution in [0.25, 0.3) is 0 Å². The number of benzene rings is 1. The largest absolute Gasteiger partial charge is 0.573 e. The molecule has 4 nitrogen and oxygen atoms in total. The molecule has 0 saturated carbocycles. The Morgan fingerprint density at radius 1 is 1.32 bits per heavy atom. The van der Waals surface area contributed by atoms with Crippen molar-refractivity contribution in [2.45, 2.75) is 12.4 Å². The van der Waals surface area contributed by atoms with Gasteiger partial charge in [-0.2, -0.15) is 5.10 Å². The lowest BCUT2D eigenvalue weighted by Gasteiger charge is -2.14. The lowest BCUT2D eigenvalue weighted by Crippen LogP contribution is -2.18. The topological polar surface area (TPSA) is 53.1 Å². The molecule has 1 heterocycles. The molecule has 0 aliphatic rings. The van der Waals surface area contributed by atoms with E-state index in [0.717, 1.165) is 0 Å². The Bertz CT molecular complexity index is 565. The molecular formula is C12H12F3N3O. The van der Waals surface area contributed by atoms with Crippen LogP contribution in [0.15, 0.2) is 36.5 Å². The summed E-state index contributed by atoms with van der Waals surface area (Å²) in [6.45, 7) is 0. The van der Waals surface area contributed by atoms with Crippen LogP contribution in [0.4, 0.5) is 13.2 Å². The predicted molar refractivity (Wildman–Crippen MR) is 62.4 cm³/mol. The summed E-state index contributed by atoms with van der Waals surface area (Å²) in [4.78, 5) is 0. The summed E-state index contributed by atoms with van der Waals surface area (Å²) in [6.07, 6.45) is -3.14. The maximum atomic E-state index is 12.1. The van der Waals surface area contributed by atoms with Gasteiger partial charge in [0.2, 0.25) is 0 Å². The minimum absolute atomic E-state index is 0.289. The Hall–Kier alpha value is -2.02. The van der Waals surface area contributed by atoms with Gasteiger partial charge in [0.15, 0.2) is 0 Å². The standard InChI is InChI=1S/C12H12F3N3O/c1-18-10(5-6-17-18)11(16)8-3-2-4-9(7-8)19-12(13,14)15/h2-7,11H,16H2,1H3. The van der Waals surface area contributed by atoms with Crippen LogP contribution in [0.2, 0.25) is 0 Å². The average Bonchev–Trinajstić information content (AvgIpc) is 2.72. The number of hydrogen-bond donors (Lipinski definition) is 1. The van der Waals surface area contributed by atoms with E-state index in [4.69, 9.17) is 5.73 Å². The Morgan fingerprint density at radius 2 is 2.05 bits per heavy atom. The molecule has 1 unspecified atom stereocenters. The molecule has 1 atom stereocenters. The number of ether oxygens (including phenoxy) is 1. The van der Waals surface area contributed by atoms with Crippen molar-refractivity contribution >= 4 is 0 Å². The van der Waals surface area contributed by atoms with Gasteiger partial charge in [0.25, 0.3) is 0 Å². The van der Waals surface area contributed by atoms with E-state index in [1.54, 1.807) is 30.1 Å². The zero-order chi connectivity index (χ0) is 14.0. The molecule has 0 aliphatic heterocycles. The molecule has 0 aliphatic carbocycles. The molecule has 0 saturated heterocycles. The van der Waals surface area contributed by atoms with Crippen molar-refractivity contribution in [3.63, 3.8) is 0 Å². The normalized spacial score (nSPS) is 13.3. The van der Waals surface area contributed by atoms with Gasteiger partial charge < -0.3 is 10.5 Å². The summed E-state index contributed by atoms with van der Waals surface area (Å²) >= 11 is 0. The van der Waals surface area contributed by atoms with Gasteiger partial charge in [0, 0.05) is 13.2 Å². The zero-order valence-corrected chi connectivity index (χ0v) is 10.1. The van der Waals surface area contributed by atoms with Gasteiger partial charge in [-0.25, -0.2) is 0 Å². The van der Waals surface area contributed by atoms with Crippen LogP contribution in [0.5, 0.6) is 5.75 Å². The lowest BCUT2D eigenvalue weighted by atomic mass is 10.0. The summed E-state index contributed by atoms with van der Waals surface area (Å²) in [5, 5.41) is 3.97. The number of hydrogen-bond acceptors (Lipinski definition) is 3. The molecule has 1 aromatic carbocycles. The van der Waals surface area contributed by atoms with Crippen LogP contribution in [0.3, 0.4) is 0 Å². The fourth-order valence-electron chi connectivity index (χ4n) is 1.77. The van der Waals surface area contributed by atoms with Gasteiger partial charge in [-0.1, -0.05) is 12.1 Å². The number of halogens is 3. The van der Waals surface area contributed by atoms with E-state index in [-0.39, 0.29) is 5.75 Å². The van der Waals surface area contributed by atoms with Crippen molar-refractivity contribution in [2.75, 3.05) is 0 Å². The Balaban J connectivity index is 2.26. The molecule has 1 aromatic heterocycles. The van der Waals surface area contributed by atoms with Crippen LogP contribution in [0.1, 0.15) is 17.3 Å². The highest BCUT2D eigenvalue weighted by Gasteiger charge is 2.31. The maximum absolute atomic E-state index is 12.1. The van der Waals surface area contributed by atoms with E-state index in [9.17, 15) is 13.2 Å². The van der Waals surface area contributed by atoms with Crippen LogP contribution >= 0.6 is 0 Å². The van der Waals surface area contributed by atoms with Crippen molar-refractivity contribution in [2.24, 2.45) is 12.8 Å². The molecule has 2 rings (SSSR count). The number of nitrogens with two attached hydrogens (primary N) is 1. The Labute approximate surface area is 107 Å². The first kappa shape index (κ1) is 13.4. The van der Waals surface area contributed by atoms with Gasteiger partial charge in [-0.15, -0.1) is 13.2 Å². The van der Waals surface area contributed by atoms with E-state index in [1.165, 1.54) is 18.2 Å². The first-order valence-electron chi connectivity index (χ1n) is 5.46. The molecule has 0 spiro atoms. The van der Waals surface area contributed by atoms with Crippen molar-refractivity contribution in [3.05, 3.63) is 47.8 Å². The minimum Gasteiger partial charge on any atom is -0.406 e. The smallest absolute Gasteiger partial charge is 0.406 e. The summed E-state index contributed by atoms with van der Waals surface area (Å²) < 4.78 is 41.9. The Kier molecular flexibility index (Phi) is 3.48. The predicted octanol–water partition coefficient (Wildman–Crippen LogP) is 2.37. The number of rotatable bonds is 3. The monoisotopic (exact) mass is 271 g/mol. The summed E-state index contributed by atoms with van der Waals surface area (Å²) in [5.74, 6) is -0.289. The van der Waals surface area contributed by atoms with Crippen molar-refractivity contribution in [3.8, 4) is 5.75 Å². The summed E-state index contributed by atoms with van der Waals surface area (Å²) in [6, 6.07) is 6.75. The average molecular weight is 271 g/mol. The first-order chi connectivity index (χ1) is 8.87. The molecule has 102 valence electrons. The van der Waals surface area contributed by atoms with Crippen molar-refractivity contribution in [1.29, 1.82) is 0 Å². The van der Waals surface area contributed by atoms with Gasteiger partial charge in [0.05, 0.1) is 11.7 Å². The number of nitrogens with zero attached hydrogens (tertiary/aromatic N) is 2. The third-order valence-electron chi connectivity index (χ3n) is 2.63. The third-order valence-corrected chi connectivity index (χ3v) is 2.63. The molecule has 0 radical (unpaired) electrons. The van der Waals surface area contributed by atoms with Crippen molar-refractivity contribution in [1.82, 2.24) is 9.78 Å². The van der Waals surface area contributed by atoms with Crippen LogP contribution in [-0.2, 0) is 7.05 Å². The van der Waals surface area contributed by atoms with Gasteiger partial charge in [-0.05, 0) is 23.8 Å². The maximum Gasteiger partial charge on any atom is 0.573 e. The summed E-state index contributed by atoms with van der Waals surface area (Å²) in [7, 11) is 1.71. The molecule has 2 aromatic rings. The third kappa shape index (κ3) is 3.25. The molecular weight excluding hydrogens is 259 g/mol. The highest BCUT2D eigenvalue weighted by atomic mass is 19.4. The fraction of sp³-hybridized carbons (Fsp3) is 0.250. The van der Waals surface area contributed by atoms with Gasteiger partial charge in [-0.3, -0.25) is 4.68 Å². The molecule has 0 fully saturated rings. The lowest BCUT2D eigenvalue weighted by molar-refractivity contribution is -0.274. The molecule has 19 heavy (non-hydrogen) atoms. The second-order valence-electron chi connectivity index (χ2n) is 3.98. The molecule has 0 bridgehead atoms. The zero-order valence-electron chi connectivity index (χ0n) is 10.1. The minimum atomic E-state index is -4.71. The van der Waals surface area contributed by atoms with E-state index in [1.807, 2.05) is 0 Å². The van der Waals surface area contributed by atoms with E-state index < -0.39 is 12.4 Å². The number of aromatic nitrogens is 2. The van der Waals surface area contributed by atoms with E-state index in [2.05, 4.69) is 9.84 Å². The number of alkyl halides is 3. The Morgan fingerprint density at radius 3 is 2.63 bits per heavy atom. The molecule has 2 N–H and O–H groups in total. The second kappa shape index (κ2) is 4.93. The van der Waals surface area contributed by atoms with Gasteiger partial charge >= 0.3 is 6.36 Å². The second-order valence-corrected chi connectivity index (χ2v) is 3.98. The van der Waals surface area contributed by atoms with E-state index >= 15 is 0 Å². The highest BCUT2D eigenvalue weighted by Crippen LogP contribution is 2.26. The van der Waals surface area contributed by atoms with Gasteiger partial charge in [0.1, 0.15) is 5.75 Å². The highest BCUT2D eigenvalue weighted by molar-refractivity contribution is 5.34. The first-order valence-corrected chi connectivity index (χ1v) is 5.46. The van der Waals surface area contributed by atoms with Crippen LogP contribution < -0.4 is 10.5 Å².